The minimum absolute atomic E-state index is 0.0807. The Morgan fingerprint density at radius 1 is 1.15 bits per heavy atom. The molecular weight excluding hydrogens is 502 g/mol. The number of rotatable bonds is 7. The molecule has 3 aliphatic rings. The summed E-state index contributed by atoms with van der Waals surface area (Å²) in [6.45, 7) is 10.9. The van der Waals surface area contributed by atoms with Gasteiger partial charge in [0.2, 0.25) is 5.91 Å². The van der Waals surface area contributed by atoms with Gasteiger partial charge in [0.05, 0.1) is 17.7 Å². The number of nitrogens with one attached hydrogen (secondary N) is 2. The highest BCUT2D eigenvalue weighted by molar-refractivity contribution is 6.03. The van der Waals surface area contributed by atoms with E-state index >= 15 is 0 Å². The number of amidine groups is 1. The Hall–Kier alpha value is -3.13. The van der Waals surface area contributed by atoms with Crippen LogP contribution in [0.4, 0.5) is 5.69 Å². The van der Waals surface area contributed by atoms with Gasteiger partial charge in [0.1, 0.15) is 5.82 Å². The first-order valence-electron chi connectivity index (χ1n) is 15.1. The van der Waals surface area contributed by atoms with Gasteiger partial charge in [-0.05, 0) is 75.6 Å². The molecular formula is C32H47N5O3. The summed E-state index contributed by atoms with van der Waals surface area (Å²) < 4.78 is 0. The number of carbonyl (C=O) groups excluding carboxylic acids is 2. The number of hydrogen-bond donors (Lipinski definition) is 3. The van der Waals surface area contributed by atoms with Crippen LogP contribution < -0.4 is 10.6 Å². The third kappa shape index (κ3) is 6.95. The molecule has 1 aromatic rings. The number of allylic oxidation sites excluding steroid dienone is 1. The Balaban J connectivity index is 1.55. The number of hydrogen-bond acceptors (Lipinski definition) is 5. The van der Waals surface area contributed by atoms with Gasteiger partial charge in [0.15, 0.2) is 5.84 Å². The van der Waals surface area contributed by atoms with Gasteiger partial charge in [-0.3, -0.25) is 9.59 Å². The molecule has 4 rings (SSSR count). The zero-order valence-corrected chi connectivity index (χ0v) is 24.7. The number of benzene rings is 1. The molecule has 1 atom stereocenters. The molecule has 0 spiro atoms. The summed E-state index contributed by atoms with van der Waals surface area (Å²) >= 11 is 0. The SMILES string of the molecule is C=C(/N=C1\C(=C/C)N(C)C(=O)C(C)CN1C1CCCCC1)Nc1ccc(C(=O)NC2CCC(O)CC2)cc1CC. The van der Waals surface area contributed by atoms with Crippen molar-refractivity contribution in [1.29, 1.82) is 0 Å². The van der Waals surface area contributed by atoms with E-state index in [1.807, 2.05) is 45.2 Å². The van der Waals surface area contributed by atoms with E-state index in [2.05, 4.69) is 29.0 Å². The summed E-state index contributed by atoms with van der Waals surface area (Å²) in [7, 11) is 1.83. The lowest BCUT2D eigenvalue weighted by Gasteiger charge is -2.37. The minimum Gasteiger partial charge on any atom is -0.393 e. The lowest BCUT2D eigenvalue weighted by Crippen LogP contribution is -2.44. The topological polar surface area (TPSA) is 97.3 Å². The standard InChI is InChI=1S/C32H47N5O3/c1-6-23-19-24(31(39)35-25-14-16-27(38)17-15-25)13-18-28(23)33-22(4)34-30-29(7-2)36(5)32(40)21(3)20-37(30)26-11-9-8-10-12-26/h7,13,18-19,21,25-27,33,38H,4,6,8-12,14-17,20H2,1-3,5H3,(H,35,39)/b29-7+,34-30+. The second kappa shape index (κ2) is 13.5. The average Bonchev–Trinajstić information content (AvgIpc) is 3.04. The van der Waals surface area contributed by atoms with Gasteiger partial charge in [0, 0.05) is 36.9 Å². The Kier molecular flexibility index (Phi) is 10.1. The lowest BCUT2D eigenvalue weighted by molar-refractivity contribution is -0.131. The third-order valence-corrected chi connectivity index (χ3v) is 8.67. The summed E-state index contributed by atoms with van der Waals surface area (Å²) in [5.74, 6) is 1.18. The molecule has 218 valence electrons. The van der Waals surface area contributed by atoms with Crippen LogP contribution in [0.5, 0.6) is 0 Å². The zero-order valence-electron chi connectivity index (χ0n) is 24.7. The number of nitrogens with zero attached hydrogens (tertiary/aromatic N) is 3. The van der Waals surface area contributed by atoms with Crippen molar-refractivity contribution in [3.05, 3.63) is 53.5 Å². The molecule has 8 heteroatoms. The highest BCUT2D eigenvalue weighted by Crippen LogP contribution is 2.30. The number of aliphatic hydroxyl groups excluding tert-OH is 1. The van der Waals surface area contributed by atoms with Gasteiger partial charge < -0.3 is 25.5 Å². The van der Waals surface area contributed by atoms with E-state index in [-0.39, 0.29) is 29.9 Å². The van der Waals surface area contributed by atoms with Gasteiger partial charge in [-0.15, -0.1) is 0 Å². The molecule has 1 heterocycles. The van der Waals surface area contributed by atoms with Gasteiger partial charge in [-0.2, -0.15) is 0 Å². The van der Waals surface area contributed by atoms with E-state index in [4.69, 9.17) is 4.99 Å². The highest BCUT2D eigenvalue weighted by Gasteiger charge is 2.36. The first kappa shape index (κ1) is 29.8. The normalized spacial score (nSPS) is 26.6. The molecule has 2 saturated carbocycles. The number of anilines is 1. The van der Waals surface area contributed by atoms with Crippen molar-refractivity contribution in [2.45, 2.75) is 103 Å². The molecule has 2 amide bonds. The van der Waals surface area contributed by atoms with Gasteiger partial charge in [0.25, 0.3) is 5.91 Å². The van der Waals surface area contributed by atoms with Crippen molar-refractivity contribution in [3.63, 3.8) is 0 Å². The number of likely N-dealkylation sites (N-methyl/N-ethyl adjacent to an activating group) is 1. The van der Waals surface area contributed by atoms with Crippen LogP contribution in [0, 0.1) is 5.92 Å². The lowest BCUT2D eigenvalue weighted by atomic mass is 9.93. The van der Waals surface area contributed by atoms with Crippen LogP contribution in [0.15, 0.2) is 47.4 Å². The second-order valence-electron chi connectivity index (χ2n) is 11.6. The largest absolute Gasteiger partial charge is 0.393 e. The summed E-state index contributed by atoms with van der Waals surface area (Å²) in [6, 6.07) is 6.15. The maximum Gasteiger partial charge on any atom is 0.251 e. The Morgan fingerprint density at radius 3 is 2.50 bits per heavy atom. The molecule has 3 N–H and O–H groups in total. The molecule has 0 bridgehead atoms. The summed E-state index contributed by atoms with van der Waals surface area (Å²) in [5.41, 5.74) is 3.31. The maximum absolute atomic E-state index is 13.1. The van der Waals surface area contributed by atoms with Crippen molar-refractivity contribution in [1.82, 2.24) is 15.1 Å². The predicted molar refractivity (Wildman–Crippen MR) is 161 cm³/mol. The van der Waals surface area contributed by atoms with E-state index in [1.54, 1.807) is 4.90 Å². The molecule has 1 saturated heterocycles. The maximum atomic E-state index is 13.1. The van der Waals surface area contributed by atoms with Gasteiger partial charge in [-0.25, -0.2) is 4.99 Å². The Bertz CT molecular complexity index is 1150. The van der Waals surface area contributed by atoms with Gasteiger partial charge in [-0.1, -0.05) is 45.8 Å². The first-order chi connectivity index (χ1) is 19.2. The minimum atomic E-state index is -0.247. The number of aliphatic imine (C=N–C) groups is 1. The van der Waals surface area contributed by atoms with E-state index < -0.39 is 0 Å². The number of amides is 2. The molecule has 40 heavy (non-hydrogen) atoms. The number of carbonyl (C=O) groups is 2. The molecule has 3 fully saturated rings. The first-order valence-corrected chi connectivity index (χ1v) is 15.1. The van der Waals surface area contributed by atoms with Crippen LogP contribution in [0.25, 0.3) is 0 Å². The quantitative estimate of drug-likeness (QED) is 0.434. The molecule has 1 aromatic carbocycles. The monoisotopic (exact) mass is 549 g/mol. The number of aryl methyl sites for hydroxylation is 1. The summed E-state index contributed by atoms with van der Waals surface area (Å²) in [6.07, 6.45) is 11.4. The fourth-order valence-corrected chi connectivity index (χ4v) is 6.31. The van der Waals surface area contributed by atoms with Crippen LogP contribution in [0.2, 0.25) is 0 Å². The fraction of sp³-hybridized carbons (Fsp3) is 0.594. The molecule has 2 aliphatic carbocycles. The molecule has 1 aliphatic heterocycles. The predicted octanol–water partition coefficient (Wildman–Crippen LogP) is 5.21. The molecule has 0 aromatic heterocycles. The Labute approximate surface area is 239 Å². The van der Waals surface area contributed by atoms with E-state index in [9.17, 15) is 14.7 Å². The van der Waals surface area contributed by atoms with E-state index in [0.717, 1.165) is 67.7 Å². The van der Waals surface area contributed by atoms with Crippen LogP contribution in [0.1, 0.15) is 94.5 Å². The van der Waals surface area contributed by atoms with Crippen molar-refractivity contribution in [3.8, 4) is 0 Å². The third-order valence-electron chi connectivity index (χ3n) is 8.67. The van der Waals surface area contributed by atoms with Crippen molar-refractivity contribution >= 4 is 23.3 Å². The van der Waals surface area contributed by atoms with Crippen molar-refractivity contribution in [2.24, 2.45) is 10.9 Å². The van der Waals surface area contributed by atoms with Crippen molar-refractivity contribution in [2.75, 3.05) is 18.9 Å². The Morgan fingerprint density at radius 2 is 1.85 bits per heavy atom. The molecule has 0 radical (unpaired) electrons. The van der Waals surface area contributed by atoms with Gasteiger partial charge >= 0.3 is 0 Å². The smallest absolute Gasteiger partial charge is 0.251 e. The zero-order chi connectivity index (χ0) is 28.8. The summed E-state index contributed by atoms with van der Waals surface area (Å²) in [5, 5.41) is 16.3. The van der Waals surface area contributed by atoms with Crippen LogP contribution >= 0.6 is 0 Å². The van der Waals surface area contributed by atoms with Crippen LogP contribution in [-0.2, 0) is 11.2 Å². The average molecular weight is 550 g/mol. The van der Waals surface area contributed by atoms with Crippen molar-refractivity contribution < 1.29 is 14.7 Å². The van der Waals surface area contributed by atoms with E-state index in [0.29, 0.717) is 24.0 Å². The molecule has 8 nitrogen and oxygen atoms in total. The summed E-state index contributed by atoms with van der Waals surface area (Å²) in [4.78, 5) is 35.1. The number of aliphatic hydroxyl groups is 1. The second-order valence-corrected chi connectivity index (χ2v) is 11.6. The van der Waals surface area contributed by atoms with Crippen LogP contribution in [0.3, 0.4) is 0 Å². The van der Waals surface area contributed by atoms with E-state index in [1.165, 1.54) is 19.3 Å². The molecule has 1 unspecified atom stereocenters. The van der Waals surface area contributed by atoms with Crippen LogP contribution in [-0.4, -0.2) is 64.3 Å². The fourth-order valence-electron chi connectivity index (χ4n) is 6.31. The highest BCUT2D eigenvalue weighted by atomic mass is 16.3.